The summed E-state index contributed by atoms with van der Waals surface area (Å²) >= 11 is 1.46. The third kappa shape index (κ3) is 3.50. The second kappa shape index (κ2) is 6.73. The number of benzene rings is 1. The Morgan fingerprint density at radius 1 is 1.32 bits per heavy atom. The number of carbonyl (C=O) groups is 2. The zero-order valence-electron chi connectivity index (χ0n) is 13.3. The highest BCUT2D eigenvalue weighted by Gasteiger charge is 2.17. The van der Waals surface area contributed by atoms with Crippen molar-refractivity contribution in [2.45, 2.75) is 6.92 Å². The van der Waals surface area contributed by atoms with Crippen molar-refractivity contribution in [3.63, 3.8) is 0 Å². The minimum atomic E-state index is -1.16. The monoisotopic (exact) mass is 359 g/mol. The van der Waals surface area contributed by atoms with Crippen molar-refractivity contribution in [1.82, 2.24) is 10.1 Å². The number of hydrogen-bond acceptors (Lipinski definition) is 7. The van der Waals surface area contributed by atoms with Crippen LogP contribution in [0.3, 0.4) is 0 Å². The van der Waals surface area contributed by atoms with Gasteiger partial charge in [0.25, 0.3) is 5.91 Å². The van der Waals surface area contributed by atoms with Crippen molar-refractivity contribution in [2.75, 3.05) is 12.4 Å². The quantitative estimate of drug-likeness (QED) is 0.719. The molecule has 128 valence electrons. The van der Waals surface area contributed by atoms with E-state index < -0.39 is 11.9 Å². The van der Waals surface area contributed by atoms with Crippen LogP contribution >= 0.6 is 11.3 Å². The molecule has 0 aliphatic carbocycles. The summed E-state index contributed by atoms with van der Waals surface area (Å²) in [5.74, 6) is -1.09. The maximum atomic E-state index is 12.3. The summed E-state index contributed by atoms with van der Waals surface area (Å²) in [5, 5.41) is 18.2. The number of nitrogens with zero attached hydrogens (tertiary/aromatic N) is 2. The molecule has 0 radical (unpaired) electrons. The smallest absolute Gasteiger partial charge is 0.339 e. The average molecular weight is 359 g/mol. The van der Waals surface area contributed by atoms with E-state index in [1.807, 2.05) is 6.92 Å². The van der Waals surface area contributed by atoms with Gasteiger partial charge < -0.3 is 19.7 Å². The number of carbonyl (C=O) groups excluding carboxylic acids is 1. The fourth-order valence-corrected chi connectivity index (χ4v) is 2.73. The highest BCUT2D eigenvalue weighted by atomic mass is 32.1. The van der Waals surface area contributed by atoms with Crippen LogP contribution in [-0.2, 0) is 0 Å². The first-order valence-electron chi connectivity index (χ1n) is 7.10. The van der Waals surface area contributed by atoms with Crippen LogP contribution in [0.1, 0.15) is 25.9 Å². The predicted octanol–water partition coefficient (Wildman–Crippen LogP) is 3.07. The van der Waals surface area contributed by atoms with Crippen molar-refractivity contribution in [3.8, 4) is 17.2 Å². The number of thiazole rings is 1. The molecule has 0 saturated heterocycles. The van der Waals surface area contributed by atoms with Crippen molar-refractivity contribution in [3.05, 3.63) is 45.9 Å². The number of ether oxygens (including phenoxy) is 1. The number of rotatable bonds is 5. The number of aryl methyl sites for hydroxylation is 1. The molecule has 1 amide bonds. The summed E-state index contributed by atoms with van der Waals surface area (Å²) in [6.07, 6.45) is 0. The Kier molecular flexibility index (Phi) is 4.48. The van der Waals surface area contributed by atoms with Gasteiger partial charge in [-0.15, -0.1) is 11.3 Å². The second-order valence-corrected chi connectivity index (χ2v) is 6.06. The lowest BCUT2D eigenvalue weighted by Crippen LogP contribution is -2.13. The van der Waals surface area contributed by atoms with Crippen molar-refractivity contribution < 1.29 is 24.0 Å². The Hall–Kier alpha value is -3.20. The van der Waals surface area contributed by atoms with E-state index in [9.17, 15) is 14.7 Å². The molecule has 25 heavy (non-hydrogen) atoms. The molecule has 0 bridgehead atoms. The van der Waals surface area contributed by atoms with Gasteiger partial charge >= 0.3 is 5.97 Å². The van der Waals surface area contributed by atoms with E-state index in [1.165, 1.54) is 42.7 Å². The molecular formula is C16H13N3O5S. The van der Waals surface area contributed by atoms with Gasteiger partial charge in [0, 0.05) is 17.1 Å². The van der Waals surface area contributed by atoms with Gasteiger partial charge in [-0.05, 0) is 25.1 Å². The van der Waals surface area contributed by atoms with Crippen LogP contribution in [0.15, 0.2) is 34.2 Å². The van der Waals surface area contributed by atoms with Crippen LogP contribution in [0, 0.1) is 6.92 Å². The highest BCUT2D eigenvalue weighted by molar-refractivity contribution is 7.09. The standard InChI is InChI=1S/C16H13N3O5S/c1-8-17-12(7-25-8)14-6-11(19-24-14)15(20)18-9-3-4-13(23-2)10(5-9)16(21)22/h3-7H,1-2H3,(H,18,20)(H,21,22). The van der Waals surface area contributed by atoms with Gasteiger partial charge in [-0.1, -0.05) is 5.16 Å². The summed E-state index contributed by atoms with van der Waals surface area (Å²) in [4.78, 5) is 27.8. The number of hydrogen-bond donors (Lipinski definition) is 2. The first-order chi connectivity index (χ1) is 12.0. The second-order valence-electron chi connectivity index (χ2n) is 5.00. The molecule has 9 heteroatoms. The van der Waals surface area contributed by atoms with Crippen molar-refractivity contribution >= 4 is 28.9 Å². The SMILES string of the molecule is COc1ccc(NC(=O)c2cc(-c3csc(C)n3)on2)cc1C(=O)O. The van der Waals surface area contributed by atoms with Gasteiger partial charge in [0.1, 0.15) is 17.0 Å². The fraction of sp³-hybridized carbons (Fsp3) is 0.125. The number of aromatic nitrogens is 2. The molecule has 2 aromatic heterocycles. The van der Waals surface area contributed by atoms with Crippen LogP contribution in [0.2, 0.25) is 0 Å². The number of aromatic carboxylic acids is 1. The third-order valence-corrected chi connectivity index (χ3v) is 4.08. The van der Waals surface area contributed by atoms with E-state index in [1.54, 1.807) is 5.38 Å². The fourth-order valence-electron chi connectivity index (χ4n) is 2.13. The van der Waals surface area contributed by atoms with E-state index in [2.05, 4.69) is 15.5 Å². The van der Waals surface area contributed by atoms with Crippen molar-refractivity contribution in [1.29, 1.82) is 0 Å². The summed E-state index contributed by atoms with van der Waals surface area (Å²) in [6, 6.07) is 5.79. The molecule has 2 N–H and O–H groups in total. The first kappa shape index (κ1) is 16.7. The molecule has 0 saturated carbocycles. The molecule has 3 aromatic rings. The van der Waals surface area contributed by atoms with Gasteiger partial charge in [-0.2, -0.15) is 0 Å². The molecule has 1 aromatic carbocycles. The van der Waals surface area contributed by atoms with Gasteiger partial charge in [0.2, 0.25) is 0 Å². The van der Waals surface area contributed by atoms with E-state index in [4.69, 9.17) is 9.26 Å². The molecular weight excluding hydrogens is 346 g/mol. The topological polar surface area (TPSA) is 115 Å². The van der Waals surface area contributed by atoms with Crippen LogP contribution in [0.4, 0.5) is 5.69 Å². The van der Waals surface area contributed by atoms with Gasteiger partial charge in [0.15, 0.2) is 11.5 Å². The lowest BCUT2D eigenvalue weighted by molar-refractivity contribution is 0.0693. The lowest BCUT2D eigenvalue weighted by atomic mass is 10.1. The van der Waals surface area contributed by atoms with Crippen molar-refractivity contribution in [2.24, 2.45) is 0 Å². The Balaban J connectivity index is 1.80. The average Bonchev–Trinajstić information content (AvgIpc) is 3.23. The zero-order valence-corrected chi connectivity index (χ0v) is 14.1. The Labute approximate surface area is 146 Å². The maximum Gasteiger partial charge on any atom is 0.339 e. The van der Waals surface area contributed by atoms with Gasteiger partial charge in [-0.3, -0.25) is 4.79 Å². The number of nitrogens with one attached hydrogen (secondary N) is 1. The molecule has 8 nitrogen and oxygen atoms in total. The summed E-state index contributed by atoms with van der Waals surface area (Å²) < 4.78 is 10.1. The van der Waals surface area contributed by atoms with E-state index in [0.717, 1.165) is 5.01 Å². The number of amides is 1. The number of anilines is 1. The lowest BCUT2D eigenvalue weighted by Gasteiger charge is -2.08. The van der Waals surface area contributed by atoms with Crippen LogP contribution in [0.5, 0.6) is 5.75 Å². The van der Waals surface area contributed by atoms with E-state index in [-0.39, 0.29) is 17.0 Å². The highest BCUT2D eigenvalue weighted by Crippen LogP contribution is 2.24. The summed E-state index contributed by atoms with van der Waals surface area (Å²) in [6.45, 7) is 1.86. The van der Waals surface area contributed by atoms with Crippen LogP contribution in [-0.4, -0.2) is 34.2 Å². The Morgan fingerprint density at radius 2 is 2.12 bits per heavy atom. The minimum absolute atomic E-state index is 0.0564. The number of carboxylic acids is 1. The van der Waals surface area contributed by atoms with Gasteiger partial charge in [-0.25, -0.2) is 9.78 Å². The van der Waals surface area contributed by atoms with Crippen LogP contribution in [0.25, 0.3) is 11.5 Å². The molecule has 0 fully saturated rings. The summed E-state index contributed by atoms with van der Waals surface area (Å²) in [7, 11) is 1.37. The molecule has 0 aliphatic rings. The molecule has 0 spiro atoms. The zero-order chi connectivity index (χ0) is 18.0. The first-order valence-corrected chi connectivity index (χ1v) is 7.98. The predicted molar refractivity (Wildman–Crippen MR) is 90.3 cm³/mol. The molecule has 3 rings (SSSR count). The molecule has 0 aliphatic heterocycles. The molecule has 0 unspecified atom stereocenters. The van der Waals surface area contributed by atoms with Crippen LogP contribution < -0.4 is 10.1 Å². The number of methoxy groups -OCH3 is 1. The van der Waals surface area contributed by atoms with E-state index >= 15 is 0 Å². The summed E-state index contributed by atoms with van der Waals surface area (Å²) in [5.41, 5.74) is 0.913. The molecule has 0 atom stereocenters. The normalized spacial score (nSPS) is 10.5. The van der Waals surface area contributed by atoms with E-state index in [0.29, 0.717) is 17.1 Å². The van der Waals surface area contributed by atoms with Gasteiger partial charge in [0.05, 0.1) is 12.1 Å². The number of carboxylic acid groups (broad SMARTS) is 1. The third-order valence-electron chi connectivity index (χ3n) is 3.30. The Bertz CT molecular complexity index is 947. The maximum absolute atomic E-state index is 12.3. The minimum Gasteiger partial charge on any atom is -0.496 e. The largest absolute Gasteiger partial charge is 0.496 e. The molecule has 2 heterocycles. The Morgan fingerprint density at radius 3 is 2.76 bits per heavy atom.